The molecule has 0 amide bonds. The molecule has 5 valence electrons. The van der Waals surface area contributed by atoms with Crippen LogP contribution in [-0.4, -0.2) is 137 Å². The summed E-state index contributed by atoms with van der Waals surface area (Å²) in [5.74, 6) is 0. The molecule has 0 aliphatic heterocycles. The van der Waals surface area contributed by atoms with Crippen LogP contribution in [0.4, 0.5) is 0 Å². The first-order valence-electron chi connectivity index (χ1n) is 0. The third-order valence-electron chi connectivity index (χ3n) is 0. The molecule has 0 spiro atoms. The van der Waals surface area contributed by atoms with Crippen LogP contribution in [-0.2, 0) is 0 Å². The van der Waals surface area contributed by atoms with Crippen molar-refractivity contribution in [3.05, 3.63) is 0 Å². The quantitative estimate of drug-likeness (QED) is 0.311. The van der Waals surface area contributed by atoms with E-state index >= 15 is 0 Å². The molecule has 5 heteroatoms. The molecule has 0 N–H and O–H groups in total. The predicted octanol–water partition coefficient (Wildman–Crippen LogP) is -1.90. The summed E-state index contributed by atoms with van der Waals surface area (Å²) in [6.45, 7) is 0. The summed E-state index contributed by atoms with van der Waals surface area (Å²) in [6, 6.07) is 0. The third-order valence-corrected chi connectivity index (χ3v) is 0. The fraction of sp³-hybridized carbons (Fsp3) is 0. The first-order valence-corrected chi connectivity index (χ1v) is 0. The molecule has 0 saturated heterocycles. The predicted molar refractivity (Wildman–Crippen MR) is 28.8 cm³/mol. The fourth-order valence-electron chi connectivity index (χ4n) is 0. The second-order valence-corrected chi connectivity index (χ2v) is 0. The van der Waals surface area contributed by atoms with Gasteiger partial charge in [0.1, 0.15) is 0 Å². The summed E-state index contributed by atoms with van der Waals surface area (Å²) in [4.78, 5) is 0. The van der Waals surface area contributed by atoms with Crippen LogP contribution in [0.25, 0.3) is 0 Å². The summed E-state index contributed by atoms with van der Waals surface area (Å²) >= 11 is 0. The molecule has 0 rings (SSSR count). The molecule has 0 bridgehead atoms. The average molecular weight is 98.9 g/mol. The smallest absolute Gasteiger partial charge is 0 e. The standard InChI is InChI=1S/Li.4Na. The van der Waals surface area contributed by atoms with Gasteiger partial charge in [-0.1, -0.05) is 0 Å². The SMILES string of the molecule is [Li].[Na].[Na].[Na].[Na]. The molecular weight excluding hydrogens is 98.9 g/mol. The third kappa shape index (κ3) is 17.7. The Morgan fingerprint density at radius 2 is 0.400 bits per heavy atom. The van der Waals surface area contributed by atoms with Crippen molar-refractivity contribution in [1.29, 1.82) is 0 Å². The Kier molecular flexibility index (Phi) is 158. The zero-order valence-corrected chi connectivity index (χ0v) is 13.0. The van der Waals surface area contributed by atoms with E-state index in [0.29, 0.717) is 0 Å². The summed E-state index contributed by atoms with van der Waals surface area (Å²) in [5.41, 5.74) is 0. The zero-order valence-electron chi connectivity index (χ0n) is 5.00. The molecule has 5 heavy (non-hydrogen) atoms. The van der Waals surface area contributed by atoms with Crippen LogP contribution in [0.3, 0.4) is 0 Å². The molecule has 0 aliphatic carbocycles. The van der Waals surface area contributed by atoms with Crippen LogP contribution in [0.2, 0.25) is 0 Å². The van der Waals surface area contributed by atoms with Gasteiger partial charge in [0.15, 0.2) is 0 Å². The minimum atomic E-state index is 0. The van der Waals surface area contributed by atoms with Gasteiger partial charge in [-0.3, -0.25) is 0 Å². The zero-order chi connectivity index (χ0) is 0. The van der Waals surface area contributed by atoms with Crippen LogP contribution < -0.4 is 0 Å². The van der Waals surface area contributed by atoms with Gasteiger partial charge in [0, 0.05) is 137 Å². The van der Waals surface area contributed by atoms with Crippen molar-refractivity contribution in [2.75, 3.05) is 0 Å². The Morgan fingerprint density at radius 1 is 0.400 bits per heavy atom. The number of hydrogen-bond acceptors (Lipinski definition) is 0. The molecule has 0 aromatic carbocycles. The molecule has 0 saturated carbocycles. The average Bonchev–Trinajstić information content (AvgIpc) is 0. The maximum atomic E-state index is 0. The van der Waals surface area contributed by atoms with E-state index in [1.165, 1.54) is 0 Å². The van der Waals surface area contributed by atoms with Gasteiger partial charge in [-0.2, -0.15) is 0 Å². The Bertz CT molecular complexity index is 3.61. The topological polar surface area (TPSA) is 0 Å². The summed E-state index contributed by atoms with van der Waals surface area (Å²) < 4.78 is 0. The van der Waals surface area contributed by atoms with Gasteiger partial charge in [0.25, 0.3) is 0 Å². The number of rotatable bonds is 0. The Morgan fingerprint density at radius 3 is 0.400 bits per heavy atom. The van der Waals surface area contributed by atoms with E-state index in [4.69, 9.17) is 0 Å². The molecule has 0 aromatic rings. The second kappa shape index (κ2) is 23.5. The van der Waals surface area contributed by atoms with E-state index in [1.807, 2.05) is 0 Å². The number of hydrogen-bond donors (Lipinski definition) is 0. The molecule has 0 nitrogen and oxygen atoms in total. The summed E-state index contributed by atoms with van der Waals surface area (Å²) in [6.07, 6.45) is 0. The molecule has 0 atom stereocenters. The van der Waals surface area contributed by atoms with Crippen molar-refractivity contribution in [2.45, 2.75) is 0 Å². The van der Waals surface area contributed by atoms with Gasteiger partial charge in [-0.15, -0.1) is 0 Å². The van der Waals surface area contributed by atoms with Crippen molar-refractivity contribution in [3.8, 4) is 0 Å². The van der Waals surface area contributed by atoms with E-state index in [1.54, 1.807) is 0 Å². The minimum absolute atomic E-state index is 0. The van der Waals surface area contributed by atoms with Crippen molar-refractivity contribution in [2.24, 2.45) is 0 Å². The van der Waals surface area contributed by atoms with Crippen molar-refractivity contribution in [1.82, 2.24) is 0 Å². The van der Waals surface area contributed by atoms with E-state index in [2.05, 4.69) is 0 Å². The van der Waals surface area contributed by atoms with Gasteiger partial charge in [0.2, 0.25) is 0 Å². The summed E-state index contributed by atoms with van der Waals surface area (Å²) in [7, 11) is 0. The maximum absolute atomic E-state index is 0. The van der Waals surface area contributed by atoms with Gasteiger partial charge >= 0.3 is 0 Å². The molecular formula is LiNa4. The molecule has 0 heterocycles. The van der Waals surface area contributed by atoms with Crippen LogP contribution in [0.15, 0.2) is 0 Å². The Balaban J connectivity index is 0. The largest absolute Gasteiger partial charge is 0 e. The first kappa shape index (κ1) is 33.6. The van der Waals surface area contributed by atoms with Gasteiger partial charge < -0.3 is 0 Å². The monoisotopic (exact) mass is 99.0 g/mol. The summed E-state index contributed by atoms with van der Waals surface area (Å²) in [5, 5.41) is 0. The maximum Gasteiger partial charge on any atom is 0 e. The molecule has 0 aromatic heterocycles. The van der Waals surface area contributed by atoms with Gasteiger partial charge in [0.05, 0.1) is 0 Å². The van der Waals surface area contributed by atoms with Crippen molar-refractivity contribution >= 4 is 137 Å². The Labute approximate surface area is 133 Å². The molecule has 5 radical (unpaired) electrons. The van der Waals surface area contributed by atoms with Gasteiger partial charge in [-0.25, -0.2) is 0 Å². The Hall–Kier alpha value is 4.60. The van der Waals surface area contributed by atoms with E-state index in [9.17, 15) is 0 Å². The van der Waals surface area contributed by atoms with Crippen molar-refractivity contribution in [3.63, 3.8) is 0 Å². The molecule has 0 unspecified atom stereocenters. The normalized spacial score (nSPS) is 0. The second-order valence-electron chi connectivity index (χ2n) is 0. The molecule has 0 aliphatic rings. The van der Waals surface area contributed by atoms with Crippen molar-refractivity contribution < 1.29 is 0 Å². The van der Waals surface area contributed by atoms with Crippen LogP contribution in [0.1, 0.15) is 0 Å². The van der Waals surface area contributed by atoms with E-state index in [0.717, 1.165) is 0 Å². The van der Waals surface area contributed by atoms with Crippen LogP contribution >= 0.6 is 0 Å². The van der Waals surface area contributed by atoms with E-state index in [-0.39, 0.29) is 137 Å². The molecule has 0 fully saturated rings. The van der Waals surface area contributed by atoms with Crippen LogP contribution in [0.5, 0.6) is 0 Å². The fourth-order valence-corrected chi connectivity index (χ4v) is 0. The van der Waals surface area contributed by atoms with Crippen LogP contribution in [0, 0.1) is 0 Å². The van der Waals surface area contributed by atoms with Gasteiger partial charge in [-0.05, 0) is 0 Å². The first-order chi connectivity index (χ1) is 0. The van der Waals surface area contributed by atoms with E-state index < -0.39 is 0 Å². The minimum Gasteiger partial charge on any atom is 0 e.